The molecule has 0 saturated heterocycles. The lowest BCUT2D eigenvalue weighted by Gasteiger charge is -2.12. The zero-order valence-electron chi connectivity index (χ0n) is 20.3. The molecule has 4 N–H and O–H groups in total. The fourth-order valence-electron chi connectivity index (χ4n) is 3.16. The van der Waals surface area contributed by atoms with E-state index in [1.165, 1.54) is 0 Å². The van der Waals surface area contributed by atoms with Gasteiger partial charge in [-0.2, -0.15) is 0 Å². The first-order chi connectivity index (χ1) is 16.2. The van der Waals surface area contributed by atoms with E-state index in [9.17, 15) is 19.2 Å². The molecule has 34 heavy (non-hydrogen) atoms. The Kier molecular flexibility index (Phi) is 10.3. The lowest BCUT2D eigenvalue weighted by atomic mass is 10.1. The van der Waals surface area contributed by atoms with Crippen LogP contribution in [0.3, 0.4) is 0 Å². The standard InChI is InChI=1S/C26H34N4O4/c1-5-23(31)29-21-15-19(13-11-17(21)3)27-25(33)9-7-8-10-26(34)28-20-14-12-18(4)22(16-20)30-24(32)6-2/h11-16H,5-10H2,1-4H3,(H,27,33)(H,28,34)(H,29,31)(H,30,32). The van der Waals surface area contributed by atoms with Crippen LogP contribution in [0.4, 0.5) is 22.7 Å². The molecular weight excluding hydrogens is 432 g/mol. The summed E-state index contributed by atoms with van der Waals surface area (Å²) >= 11 is 0. The smallest absolute Gasteiger partial charge is 0.224 e. The van der Waals surface area contributed by atoms with E-state index in [4.69, 9.17) is 0 Å². The summed E-state index contributed by atoms with van der Waals surface area (Å²) in [6.45, 7) is 7.34. The topological polar surface area (TPSA) is 116 Å². The average molecular weight is 467 g/mol. The second-order valence-corrected chi connectivity index (χ2v) is 8.17. The second-order valence-electron chi connectivity index (χ2n) is 8.17. The molecule has 8 heteroatoms. The maximum absolute atomic E-state index is 12.3. The Morgan fingerprint density at radius 1 is 0.588 bits per heavy atom. The van der Waals surface area contributed by atoms with Crippen molar-refractivity contribution >= 4 is 46.4 Å². The number of rotatable bonds is 11. The van der Waals surface area contributed by atoms with Crippen LogP contribution in [0.5, 0.6) is 0 Å². The molecule has 0 aliphatic heterocycles. The van der Waals surface area contributed by atoms with Gasteiger partial charge in [-0.05, 0) is 62.1 Å². The minimum Gasteiger partial charge on any atom is -0.326 e. The van der Waals surface area contributed by atoms with Gasteiger partial charge in [-0.15, -0.1) is 0 Å². The second kappa shape index (κ2) is 13.1. The third kappa shape index (κ3) is 8.69. The lowest BCUT2D eigenvalue weighted by Crippen LogP contribution is -2.15. The molecule has 2 aromatic carbocycles. The van der Waals surface area contributed by atoms with Crippen LogP contribution < -0.4 is 21.3 Å². The number of hydrogen-bond acceptors (Lipinski definition) is 4. The number of aryl methyl sites for hydroxylation is 2. The first kappa shape index (κ1) is 26.6. The highest BCUT2D eigenvalue weighted by atomic mass is 16.2. The van der Waals surface area contributed by atoms with Crippen LogP contribution in [0.15, 0.2) is 36.4 Å². The number of carbonyl (C=O) groups is 4. The SMILES string of the molecule is CCC(=O)Nc1cc(NC(=O)CCCCC(=O)Nc2ccc(C)c(NC(=O)CC)c2)ccc1C. The van der Waals surface area contributed by atoms with Crippen LogP contribution in [-0.2, 0) is 19.2 Å². The Morgan fingerprint density at radius 2 is 0.971 bits per heavy atom. The Bertz CT molecular complexity index is 966. The largest absolute Gasteiger partial charge is 0.326 e. The molecular formula is C26H34N4O4. The molecule has 182 valence electrons. The number of anilines is 4. The van der Waals surface area contributed by atoms with Crippen molar-refractivity contribution in [3.8, 4) is 0 Å². The number of benzene rings is 2. The molecule has 0 radical (unpaired) electrons. The third-order valence-corrected chi connectivity index (χ3v) is 5.29. The van der Waals surface area contributed by atoms with Gasteiger partial charge in [0, 0.05) is 48.4 Å². The quantitative estimate of drug-likeness (QED) is 0.343. The number of carbonyl (C=O) groups excluding carboxylic acids is 4. The number of nitrogens with one attached hydrogen (secondary N) is 4. The van der Waals surface area contributed by atoms with Crippen LogP contribution in [0.2, 0.25) is 0 Å². The van der Waals surface area contributed by atoms with E-state index in [0.29, 0.717) is 48.4 Å². The summed E-state index contributed by atoms with van der Waals surface area (Å²) in [5, 5.41) is 11.3. The van der Waals surface area contributed by atoms with Gasteiger partial charge in [-0.1, -0.05) is 26.0 Å². The molecule has 0 aromatic heterocycles. The normalized spacial score (nSPS) is 10.4. The Hall–Kier alpha value is -3.68. The van der Waals surface area contributed by atoms with Crippen LogP contribution in [-0.4, -0.2) is 23.6 Å². The van der Waals surface area contributed by atoms with Crippen molar-refractivity contribution < 1.29 is 19.2 Å². The predicted octanol–water partition coefficient (Wildman–Crippen LogP) is 5.14. The average Bonchev–Trinajstić information content (AvgIpc) is 2.80. The molecule has 0 spiro atoms. The molecule has 0 fully saturated rings. The minimum absolute atomic E-state index is 0.0857. The first-order valence-electron chi connectivity index (χ1n) is 11.6. The molecule has 4 amide bonds. The Balaban J connectivity index is 1.77. The van der Waals surface area contributed by atoms with E-state index in [2.05, 4.69) is 21.3 Å². The fraction of sp³-hybridized carbons (Fsp3) is 0.385. The summed E-state index contributed by atoms with van der Waals surface area (Å²) in [6, 6.07) is 10.8. The van der Waals surface area contributed by atoms with Crippen molar-refractivity contribution in [3.05, 3.63) is 47.5 Å². The molecule has 0 unspecified atom stereocenters. The highest BCUT2D eigenvalue weighted by molar-refractivity contribution is 5.95. The van der Waals surface area contributed by atoms with E-state index in [0.717, 1.165) is 11.1 Å². The monoisotopic (exact) mass is 466 g/mol. The lowest BCUT2D eigenvalue weighted by molar-refractivity contribution is -0.118. The molecule has 2 rings (SSSR count). The van der Waals surface area contributed by atoms with Crippen molar-refractivity contribution in [2.75, 3.05) is 21.3 Å². The van der Waals surface area contributed by atoms with Gasteiger partial charge in [0.25, 0.3) is 0 Å². The molecule has 0 aliphatic carbocycles. The van der Waals surface area contributed by atoms with Gasteiger partial charge in [0.05, 0.1) is 0 Å². The van der Waals surface area contributed by atoms with Gasteiger partial charge in [0.2, 0.25) is 23.6 Å². The summed E-state index contributed by atoms with van der Waals surface area (Å²) in [4.78, 5) is 47.8. The third-order valence-electron chi connectivity index (χ3n) is 5.29. The molecule has 0 saturated carbocycles. The zero-order chi connectivity index (χ0) is 25.1. The zero-order valence-corrected chi connectivity index (χ0v) is 20.3. The highest BCUT2D eigenvalue weighted by Crippen LogP contribution is 2.22. The van der Waals surface area contributed by atoms with E-state index in [-0.39, 0.29) is 36.5 Å². The summed E-state index contributed by atoms with van der Waals surface area (Å²) in [5.41, 5.74) is 4.42. The van der Waals surface area contributed by atoms with Crippen LogP contribution in [0.1, 0.15) is 63.5 Å². The number of hydrogen-bond donors (Lipinski definition) is 4. The van der Waals surface area contributed by atoms with Crippen molar-refractivity contribution in [2.45, 2.75) is 66.2 Å². The first-order valence-corrected chi connectivity index (χ1v) is 11.6. The van der Waals surface area contributed by atoms with Crippen molar-refractivity contribution in [3.63, 3.8) is 0 Å². The van der Waals surface area contributed by atoms with Crippen molar-refractivity contribution in [2.24, 2.45) is 0 Å². The maximum Gasteiger partial charge on any atom is 0.224 e. The van der Waals surface area contributed by atoms with Gasteiger partial charge in [-0.25, -0.2) is 0 Å². The molecule has 0 atom stereocenters. The van der Waals surface area contributed by atoms with Crippen LogP contribution >= 0.6 is 0 Å². The van der Waals surface area contributed by atoms with Crippen molar-refractivity contribution in [1.82, 2.24) is 0 Å². The van der Waals surface area contributed by atoms with Gasteiger partial charge >= 0.3 is 0 Å². The van der Waals surface area contributed by atoms with E-state index >= 15 is 0 Å². The fourth-order valence-corrected chi connectivity index (χ4v) is 3.16. The van der Waals surface area contributed by atoms with E-state index < -0.39 is 0 Å². The van der Waals surface area contributed by atoms with Crippen LogP contribution in [0.25, 0.3) is 0 Å². The van der Waals surface area contributed by atoms with E-state index in [1.807, 2.05) is 26.0 Å². The Morgan fingerprint density at radius 3 is 1.32 bits per heavy atom. The molecule has 2 aromatic rings. The van der Waals surface area contributed by atoms with Gasteiger partial charge in [0.1, 0.15) is 0 Å². The van der Waals surface area contributed by atoms with Crippen LogP contribution in [0, 0.1) is 13.8 Å². The van der Waals surface area contributed by atoms with Gasteiger partial charge < -0.3 is 21.3 Å². The summed E-state index contributed by atoms with van der Waals surface area (Å²) in [7, 11) is 0. The van der Waals surface area contributed by atoms with Gasteiger partial charge in [-0.3, -0.25) is 19.2 Å². The molecule has 0 aliphatic rings. The van der Waals surface area contributed by atoms with Crippen molar-refractivity contribution in [1.29, 1.82) is 0 Å². The summed E-state index contributed by atoms with van der Waals surface area (Å²) < 4.78 is 0. The molecule has 0 heterocycles. The number of amides is 4. The highest BCUT2D eigenvalue weighted by Gasteiger charge is 2.09. The summed E-state index contributed by atoms with van der Waals surface area (Å²) in [5.74, 6) is -0.464. The minimum atomic E-state index is -0.146. The Labute approximate surface area is 200 Å². The van der Waals surface area contributed by atoms with E-state index in [1.54, 1.807) is 38.1 Å². The molecule has 0 bridgehead atoms. The van der Waals surface area contributed by atoms with Gasteiger partial charge in [0.15, 0.2) is 0 Å². The maximum atomic E-state index is 12.3. The number of unbranched alkanes of at least 4 members (excludes halogenated alkanes) is 1. The summed E-state index contributed by atoms with van der Waals surface area (Å²) in [6.07, 6.45) is 2.46. The molecule has 8 nitrogen and oxygen atoms in total. The predicted molar refractivity (Wildman–Crippen MR) is 136 cm³/mol.